The molecule has 2 heterocycles. The third-order valence-electron chi connectivity index (χ3n) is 4.12. The van der Waals surface area contributed by atoms with Gasteiger partial charge in [0.2, 0.25) is 5.95 Å². The molecular weight excluding hydrogens is 272 g/mol. The van der Waals surface area contributed by atoms with Crippen molar-refractivity contribution in [1.82, 2.24) is 9.97 Å². The van der Waals surface area contributed by atoms with Crippen LogP contribution in [-0.4, -0.2) is 23.1 Å². The fourth-order valence-corrected chi connectivity index (χ4v) is 2.82. The molecule has 0 unspecified atom stereocenters. The van der Waals surface area contributed by atoms with Gasteiger partial charge in [0, 0.05) is 30.5 Å². The smallest absolute Gasteiger partial charge is 0.227 e. The maximum absolute atomic E-state index is 4.70. The molecule has 1 aliphatic rings. The van der Waals surface area contributed by atoms with Gasteiger partial charge in [-0.2, -0.15) is 4.98 Å². The number of aryl methyl sites for hydroxylation is 2. The van der Waals surface area contributed by atoms with Crippen molar-refractivity contribution in [3.05, 3.63) is 41.6 Å². The maximum atomic E-state index is 4.70. The number of benzene rings is 1. The molecule has 0 spiro atoms. The van der Waals surface area contributed by atoms with Crippen molar-refractivity contribution >= 4 is 17.5 Å². The Morgan fingerprint density at radius 2 is 1.77 bits per heavy atom. The zero-order chi connectivity index (χ0) is 15.4. The van der Waals surface area contributed by atoms with Crippen LogP contribution < -0.4 is 10.2 Å². The molecule has 2 aromatic rings. The Hall–Kier alpha value is -2.10. The summed E-state index contributed by atoms with van der Waals surface area (Å²) in [7, 11) is 0. The van der Waals surface area contributed by atoms with Crippen LogP contribution in [0, 0.1) is 6.92 Å². The molecule has 4 nitrogen and oxygen atoms in total. The summed E-state index contributed by atoms with van der Waals surface area (Å²) >= 11 is 0. The van der Waals surface area contributed by atoms with Crippen LogP contribution in [0.25, 0.3) is 0 Å². The average molecular weight is 296 g/mol. The van der Waals surface area contributed by atoms with Gasteiger partial charge >= 0.3 is 0 Å². The molecule has 0 atom stereocenters. The Kier molecular flexibility index (Phi) is 4.56. The predicted molar refractivity (Wildman–Crippen MR) is 91.9 cm³/mol. The highest BCUT2D eigenvalue weighted by atomic mass is 15.3. The lowest BCUT2D eigenvalue weighted by molar-refractivity contribution is 0.568. The summed E-state index contributed by atoms with van der Waals surface area (Å²) in [6, 6.07) is 10.5. The molecule has 3 rings (SSSR count). The third-order valence-corrected chi connectivity index (χ3v) is 4.12. The first-order valence-corrected chi connectivity index (χ1v) is 8.21. The molecule has 0 saturated carbocycles. The monoisotopic (exact) mass is 296 g/mol. The van der Waals surface area contributed by atoms with Gasteiger partial charge < -0.3 is 10.2 Å². The number of aromatic nitrogens is 2. The molecule has 1 N–H and O–H groups in total. The highest BCUT2D eigenvalue weighted by molar-refractivity contribution is 5.58. The first-order chi connectivity index (χ1) is 10.7. The van der Waals surface area contributed by atoms with E-state index in [0.29, 0.717) is 0 Å². The summed E-state index contributed by atoms with van der Waals surface area (Å²) in [6.07, 6.45) is 4.85. The fraction of sp³-hybridized carbons (Fsp3) is 0.444. The lowest BCUT2D eigenvalue weighted by Gasteiger charge is -2.27. The standard InChI is InChI=1S/C18H24N4/c1-3-15-7-9-16(10-8-15)20-17-13-14(2)19-18(21-17)22-11-5-4-6-12-22/h7-10,13H,3-6,11-12H2,1-2H3,(H,19,20,21). The van der Waals surface area contributed by atoms with E-state index >= 15 is 0 Å². The fourth-order valence-electron chi connectivity index (χ4n) is 2.82. The van der Waals surface area contributed by atoms with Gasteiger partial charge in [0.15, 0.2) is 0 Å². The Morgan fingerprint density at radius 1 is 1.05 bits per heavy atom. The van der Waals surface area contributed by atoms with Crippen LogP contribution in [0.4, 0.5) is 17.5 Å². The van der Waals surface area contributed by atoms with Crippen LogP contribution >= 0.6 is 0 Å². The topological polar surface area (TPSA) is 41.1 Å². The molecule has 1 fully saturated rings. The van der Waals surface area contributed by atoms with Gasteiger partial charge in [0.05, 0.1) is 0 Å². The highest BCUT2D eigenvalue weighted by Gasteiger charge is 2.14. The second kappa shape index (κ2) is 6.77. The molecule has 1 saturated heterocycles. The molecule has 0 radical (unpaired) electrons. The van der Waals surface area contributed by atoms with Gasteiger partial charge in [-0.05, 0) is 50.3 Å². The van der Waals surface area contributed by atoms with Gasteiger partial charge in [0.1, 0.15) is 5.82 Å². The number of piperidine rings is 1. The molecule has 1 aromatic heterocycles. The lowest BCUT2D eigenvalue weighted by Crippen LogP contribution is -2.31. The Bertz CT molecular complexity index is 615. The van der Waals surface area contributed by atoms with E-state index in [1.165, 1.54) is 24.8 Å². The quantitative estimate of drug-likeness (QED) is 0.923. The molecule has 22 heavy (non-hydrogen) atoms. The van der Waals surface area contributed by atoms with Crippen LogP contribution in [0.2, 0.25) is 0 Å². The first-order valence-electron chi connectivity index (χ1n) is 8.21. The minimum absolute atomic E-state index is 0.854. The Balaban J connectivity index is 1.79. The molecule has 4 heteroatoms. The number of anilines is 3. The van der Waals surface area contributed by atoms with Crippen molar-refractivity contribution in [3.8, 4) is 0 Å². The van der Waals surface area contributed by atoms with Crippen LogP contribution in [0.1, 0.15) is 37.4 Å². The van der Waals surface area contributed by atoms with Crippen molar-refractivity contribution in [2.45, 2.75) is 39.5 Å². The molecular formula is C18H24N4. The lowest BCUT2D eigenvalue weighted by atomic mass is 10.1. The SMILES string of the molecule is CCc1ccc(Nc2cc(C)nc(N3CCCCC3)n2)cc1. The zero-order valence-electron chi connectivity index (χ0n) is 13.5. The normalized spacial score (nSPS) is 14.9. The minimum Gasteiger partial charge on any atom is -0.341 e. The number of rotatable bonds is 4. The largest absolute Gasteiger partial charge is 0.341 e. The van der Waals surface area contributed by atoms with E-state index in [0.717, 1.165) is 42.7 Å². The average Bonchev–Trinajstić information content (AvgIpc) is 2.56. The van der Waals surface area contributed by atoms with Gasteiger partial charge in [-0.15, -0.1) is 0 Å². The number of hydrogen-bond donors (Lipinski definition) is 1. The van der Waals surface area contributed by atoms with Crippen LogP contribution in [0.5, 0.6) is 0 Å². The molecule has 0 bridgehead atoms. The second-order valence-corrected chi connectivity index (χ2v) is 5.92. The van der Waals surface area contributed by atoms with E-state index in [2.05, 4.69) is 46.4 Å². The molecule has 116 valence electrons. The van der Waals surface area contributed by atoms with Crippen molar-refractivity contribution in [2.75, 3.05) is 23.3 Å². The molecule has 1 aromatic carbocycles. The number of nitrogens with zero attached hydrogens (tertiary/aromatic N) is 3. The summed E-state index contributed by atoms with van der Waals surface area (Å²) in [6.45, 7) is 6.32. The van der Waals surface area contributed by atoms with Crippen molar-refractivity contribution in [2.24, 2.45) is 0 Å². The number of hydrogen-bond acceptors (Lipinski definition) is 4. The third kappa shape index (κ3) is 3.56. The maximum Gasteiger partial charge on any atom is 0.227 e. The van der Waals surface area contributed by atoms with Crippen molar-refractivity contribution in [1.29, 1.82) is 0 Å². The first kappa shape index (κ1) is 14.8. The Labute approximate surface area is 132 Å². The van der Waals surface area contributed by atoms with Gasteiger partial charge in [0.25, 0.3) is 0 Å². The van der Waals surface area contributed by atoms with E-state index < -0.39 is 0 Å². The van der Waals surface area contributed by atoms with Crippen molar-refractivity contribution in [3.63, 3.8) is 0 Å². The van der Waals surface area contributed by atoms with E-state index in [4.69, 9.17) is 4.98 Å². The highest BCUT2D eigenvalue weighted by Crippen LogP contribution is 2.21. The van der Waals surface area contributed by atoms with Crippen LogP contribution in [0.3, 0.4) is 0 Å². The van der Waals surface area contributed by atoms with Gasteiger partial charge in [-0.1, -0.05) is 19.1 Å². The molecule has 1 aliphatic heterocycles. The summed E-state index contributed by atoms with van der Waals surface area (Å²) < 4.78 is 0. The predicted octanol–water partition coefficient (Wildman–Crippen LogP) is 4.08. The van der Waals surface area contributed by atoms with E-state index in [-0.39, 0.29) is 0 Å². The second-order valence-electron chi connectivity index (χ2n) is 5.92. The van der Waals surface area contributed by atoms with Gasteiger partial charge in [-0.3, -0.25) is 0 Å². The van der Waals surface area contributed by atoms with Crippen molar-refractivity contribution < 1.29 is 0 Å². The van der Waals surface area contributed by atoms with Gasteiger partial charge in [-0.25, -0.2) is 4.98 Å². The van der Waals surface area contributed by atoms with E-state index in [1.807, 2.05) is 13.0 Å². The molecule has 0 aliphatic carbocycles. The summed E-state index contributed by atoms with van der Waals surface area (Å²) in [5.74, 6) is 1.73. The Morgan fingerprint density at radius 3 is 2.45 bits per heavy atom. The minimum atomic E-state index is 0.854. The summed E-state index contributed by atoms with van der Waals surface area (Å²) in [4.78, 5) is 11.6. The molecule has 0 amide bonds. The van der Waals surface area contributed by atoms with E-state index in [1.54, 1.807) is 0 Å². The van der Waals surface area contributed by atoms with Crippen LogP contribution in [0.15, 0.2) is 30.3 Å². The van der Waals surface area contributed by atoms with Crippen LogP contribution in [-0.2, 0) is 6.42 Å². The summed E-state index contributed by atoms with van der Waals surface area (Å²) in [5.41, 5.74) is 3.42. The van der Waals surface area contributed by atoms with E-state index in [9.17, 15) is 0 Å². The summed E-state index contributed by atoms with van der Waals surface area (Å²) in [5, 5.41) is 3.40. The number of nitrogens with one attached hydrogen (secondary N) is 1. The zero-order valence-corrected chi connectivity index (χ0v) is 13.5.